The van der Waals surface area contributed by atoms with Crippen molar-refractivity contribution in [1.29, 1.82) is 0 Å². The zero-order chi connectivity index (χ0) is 38.2. The van der Waals surface area contributed by atoms with Crippen LogP contribution >= 0.6 is 0 Å². The maximum Gasteiger partial charge on any atom is 0.243 e. The highest BCUT2D eigenvalue weighted by molar-refractivity contribution is 5.94. The van der Waals surface area contributed by atoms with Crippen LogP contribution in [0.15, 0.2) is 4.99 Å². The van der Waals surface area contributed by atoms with E-state index in [1.54, 1.807) is 0 Å². The van der Waals surface area contributed by atoms with Crippen molar-refractivity contribution in [3.05, 3.63) is 0 Å². The number of nitrogens with one attached hydrogen (secondary N) is 7. The summed E-state index contributed by atoms with van der Waals surface area (Å²) < 4.78 is 0. The standard InChI is InChI=1S/C29H55N13O8/c1-16(2)11-20(28(50)39-15-24(46)41-19(25(32)47)8-4-5-9-30)42-23(45)13-36-21(43)12-37-26(48)17(3)40-22(44)14-38-27(49)18(31)7-6-10-35-29(33)34/h16-20H,4-15,30-31H2,1-3H3,(H2,32,47)(H,36,43)(H,37,48)(H,38,49)(H,39,50)(H,40,44)(H,41,46)(H,42,45)(H4,33,34,35)/t17-,18-,19-,20-/m0/s1. The van der Waals surface area contributed by atoms with E-state index in [0.29, 0.717) is 38.8 Å². The van der Waals surface area contributed by atoms with Gasteiger partial charge in [0.15, 0.2) is 5.96 Å². The number of aliphatic imine (C=N–C) groups is 1. The Labute approximate surface area is 291 Å². The van der Waals surface area contributed by atoms with Crippen molar-refractivity contribution in [3.8, 4) is 0 Å². The molecule has 17 N–H and O–H groups in total. The Morgan fingerprint density at radius 3 is 1.68 bits per heavy atom. The minimum absolute atomic E-state index is 0.0318. The molecule has 0 rings (SSSR count). The summed E-state index contributed by atoms with van der Waals surface area (Å²) in [5, 5.41) is 16.7. The van der Waals surface area contributed by atoms with E-state index in [0.717, 1.165) is 0 Å². The van der Waals surface area contributed by atoms with Gasteiger partial charge in [-0.2, -0.15) is 0 Å². The van der Waals surface area contributed by atoms with Gasteiger partial charge in [0.2, 0.25) is 47.3 Å². The molecule has 0 aromatic carbocycles. The van der Waals surface area contributed by atoms with Crippen molar-refractivity contribution in [2.75, 3.05) is 39.3 Å². The van der Waals surface area contributed by atoms with Crippen LogP contribution < -0.4 is 65.9 Å². The fourth-order valence-electron chi connectivity index (χ4n) is 4.13. The van der Waals surface area contributed by atoms with Crippen molar-refractivity contribution in [2.24, 2.45) is 39.6 Å². The lowest BCUT2D eigenvalue weighted by Crippen LogP contribution is -2.53. The lowest BCUT2D eigenvalue weighted by atomic mass is 10.0. The predicted octanol–water partition coefficient (Wildman–Crippen LogP) is -6.03. The number of nitrogens with zero attached hydrogens (tertiary/aromatic N) is 1. The molecule has 21 heteroatoms. The fourth-order valence-corrected chi connectivity index (χ4v) is 4.13. The molecule has 0 spiro atoms. The van der Waals surface area contributed by atoms with Crippen LogP contribution in [0.5, 0.6) is 0 Å². The van der Waals surface area contributed by atoms with Gasteiger partial charge in [-0.05, 0) is 57.9 Å². The summed E-state index contributed by atoms with van der Waals surface area (Å²) in [6.45, 7) is 3.75. The van der Waals surface area contributed by atoms with Crippen LogP contribution in [0.3, 0.4) is 0 Å². The number of carbonyl (C=O) groups excluding carboxylic acids is 8. The average molecular weight is 714 g/mol. The van der Waals surface area contributed by atoms with E-state index in [-0.39, 0.29) is 24.7 Å². The normalized spacial score (nSPS) is 13.0. The monoisotopic (exact) mass is 713 g/mol. The zero-order valence-corrected chi connectivity index (χ0v) is 29.0. The summed E-state index contributed by atoms with van der Waals surface area (Å²) >= 11 is 0. The number of primary amides is 1. The maximum atomic E-state index is 12.8. The van der Waals surface area contributed by atoms with Gasteiger partial charge in [0, 0.05) is 6.54 Å². The molecule has 4 atom stereocenters. The van der Waals surface area contributed by atoms with Gasteiger partial charge < -0.3 is 65.9 Å². The summed E-state index contributed by atoms with van der Waals surface area (Å²) in [5.74, 6) is -5.54. The van der Waals surface area contributed by atoms with Crippen LogP contribution in [0, 0.1) is 5.92 Å². The first-order chi connectivity index (χ1) is 23.5. The van der Waals surface area contributed by atoms with Crippen molar-refractivity contribution >= 4 is 53.2 Å². The Morgan fingerprint density at radius 1 is 0.600 bits per heavy atom. The van der Waals surface area contributed by atoms with Crippen molar-refractivity contribution in [3.63, 3.8) is 0 Å². The molecule has 0 bridgehead atoms. The second-order valence-corrected chi connectivity index (χ2v) is 11.8. The third-order valence-corrected chi connectivity index (χ3v) is 6.78. The Hall–Kier alpha value is -5.05. The first-order valence-electron chi connectivity index (χ1n) is 16.2. The Bertz CT molecular complexity index is 1190. The molecular weight excluding hydrogens is 658 g/mol. The minimum Gasteiger partial charge on any atom is -0.370 e. The number of hydrogen-bond acceptors (Lipinski definition) is 11. The summed E-state index contributed by atoms with van der Waals surface area (Å²) in [4.78, 5) is 102. The average Bonchev–Trinajstić information content (AvgIpc) is 3.04. The topological polar surface area (TPSA) is 363 Å². The molecule has 284 valence electrons. The lowest BCUT2D eigenvalue weighted by molar-refractivity contribution is -0.132. The molecule has 50 heavy (non-hydrogen) atoms. The highest BCUT2D eigenvalue weighted by Gasteiger charge is 2.24. The number of rotatable bonds is 25. The third-order valence-electron chi connectivity index (χ3n) is 6.78. The molecule has 0 aliphatic heterocycles. The molecule has 8 amide bonds. The number of carbonyl (C=O) groups is 8. The van der Waals surface area contributed by atoms with Gasteiger partial charge in [-0.3, -0.25) is 43.3 Å². The molecule has 0 saturated heterocycles. The van der Waals surface area contributed by atoms with Crippen molar-refractivity contribution in [1.82, 2.24) is 37.2 Å². The van der Waals surface area contributed by atoms with Gasteiger partial charge in [0.05, 0.1) is 32.2 Å². The van der Waals surface area contributed by atoms with Gasteiger partial charge in [-0.1, -0.05) is 13.8 Å². The lowest BCUT2D eigenvalue weighted by Gasteiger charge is -2.21. The predicted molar refractivity (Wildman–Crippen MR) is 183 cm³/mol. The summed E-state index contributed by atoms with van der Waals surface area (Å²) in [5.41, 5.74) is 27.0. The molecule has 0 aliphatic carbocycles. The molecular formula is C29H55N13O8. The second-order valence-electron chi connectivity index (χ2n) is 11.8. The molecule has 0 fully saturated rings. The van der Waals surface area contributed by atoms with Crippen molar-refractivity contribution < 1.29 is 38.4 Å². The zero-order valence-electron chi connectivity index (χ0n) is 29.0. The van der Waals surface area contributed by atoms with Gasteiger partial charge in [0.25, 0.3) is 0 Å². The number of nitrogens with two attached hydrogens (primary N) is 5. The number of guanidine groups is 1. The molecule has 0 aromatic rings. The van der Waals surface area contributed by atoms with Crippen LogP contribution in [0.2, 0.25) is 0 Å². The largest absolute Gasteiger partial charge is 0.370 e. The van der Waals surface area contributed by atoms with Crippen LogP contribution in [0.1, 0.15) is 59.3 Å². The van der Waals surface area contributed by atoms with Crippen molar-refractivity contribution in [2.45, 2.75) is 83.5 Å². The number of hydrogen-bond donors (Lipinski definition) is 12. The quantitative estimate of drug-likeness (QED) is 0.0239. The Balaban J connectivity index is 4.63. The van der Waals surface area contributed by atoms with Gasteiger partial charge in [-0.25, -0.2) is 0 Å². The number of amides is 8. The first-order valence-corrected chi connectivity index (χ1v) is 16.2. The SMILES string of the molecule is CC(C)C[C@H](NC(=O)CNC(=O)CNC(=O)[C@H](C)NC(=O)CNC(=O)[C@@H](N)CCCN=C(N)N)C(=O)NCC(=O)N[C@@H](CCCCN)C(N)=O. The van der Waals surface area contributed by atoms with Crippen LogP contribution in [-0.4, -0.2) is 117 Å². The maximum absolute atomic E-state index is 12.8. The molecule has 0 radical (unpaired) electrons. The number of unbranched alkanes of at least 4 members (excludes halogenated alkanes) is 1. The van der Waals surface area contributed by atoms with Gasteiger partial charge in [0.1, 0.15) is 18.1 Å². The van der Waals surface area contributed by atoms with Gasteiger partial charge in [-0.15, -0.1) is 0 Å². The highest BCUT2D eigenvalue weighted by Crippen LogP contribution is 2.05. The summed E-state index contributed by atoms with van der Waals surface area (Å²) in [6.07, 6.45) is 2.46. The minimum atomic E-state index is -1.07. The second kappa shape index (κ2) is 25.0. The Morgan fingerprint density at radius 2 is 1.12 bits per heavy atom. The van der Waals surface area contributed by atoms with Gasteiger partial charge >= 0.3 is 0 Å². The highest BCUT2D eigenvalue weighted by atomic mass is 16.2. The van der Waals surface area contributed by atoms with E-state index in [2.05, 4.69) is 42.2 Å². The molecule has 0 unspecified atom stereocenters. The molecule has 0 heterocycles. The van der Waals surface area contributed by atoms with E-state index < -0.39 is 97.6 Å². The molecule has 0 aromatic heterocycles. The van der Waals surface area contributed by atoms with Crippen LogP contribution in [0.4, 0.5) is 0 Å². The third kappa shape index (κ3) is 21.8. The summed E-state index contributed by atoms with van der Waals surface area (Å²) in [7, 11) is 0. The smallest absolute Gasteiger partial charge is 0.243 e. The molecule has 0 aliphatic rings. The van der Waals surface area contributed by atoms with E-state index in [9.17, 15) is 38.4 Å². The first kappa shape index (κ1) is 44.9. The van der Waals surface area contributed by atoms with Crippen LogP contribution in [0.25, 0.3) is 0 Å². The van der Waals surface area contributed by atoms with E-state index >= 15 is 0 Å². The van der Waals surface area contributed by atoms with E-state index in [1.165, 1.54) is 6.92 Å². The van der Waals surface area contributed by atoms with E-state index in [4.69, 9.17) is 28.7 Å². The summed E-state index contributed by atoms with van der Waals surface area (Å²) in [6, 6.07) is -3.92. The van der Waals surface area contributed by atoms with E-state index in [1.807, 2.05) is 13.8 Å². The fraction of sp³-hybridized carbons (Fsp3) is 0.690. The van der Waals surface area contributed by atoms with Crippen LogP contribution in [-0.2, 0) is 38.4 Å². The molecule has 21 nitrogen and oxygen atoms in total. The Kier molecular flexibility index (Phi) is 22.5. The molecule has 0 saturated carbocycles.